The maximum absolute atomic E-state index is 12.1. The fraction of sp³-hybridized carbons (Fsp3) is 0.769. The van der Waals surface area contributed by atoms with Crippen molar-refractivity contribution in [1.82, 2.24) is 15.1 Å². The Kier molecular flexibility index (Phi) is 6.48. The molecule has 20 heavy (non-hydrogen) atoms. The van der Waals surface area contributed by atoms with Crippen LogP contribution in [0.15, 0.2) is 0 Å². The Morgan fingerprint density at radius 2 is 2.00 bits per heavy atom. The number of carbonyl (C=O) groups excluding carboxylic acids is 3. The van der Waals surface area contributed by atoms with E-state index in [1.54, 1.807) is 21.0 Å². The second kappa shape index (κ2) is 7.64. The summed E-state index contributed by atoms with van der Waals surface area (Å²) in [6.07, 6.45) is 0.981. The fourth-order valence-electron chi connectivity index (χ4n) is 2.21. The minimum atomic E-state index is -0.207. The number of likely N-dealkylation sites (N-methyl/N-ethyl adjacent to an activating group) is 1. The molecule has 1 heterocycles. The smallest absolute Gasteiger partial charge is 0.237 e. The lowest BCUT2D eigenvalue weighted by Gasteiger charge is -2.18. The van der Waals surface area contributed by atoms with Crippen molar-refractivity contribution >= 4 is 28.7 Å². The molecule has 1 N–H and O–H groups in total. The zero-order valence-electron chi connectivity index (χ0n) is 12.5. The van der Waals surface area contributed by atoms with Gasteiger partial charge in [0.05, 0.1) is 6.04 Å². The zero-order valence-corrected chi connectivity index (χ0v) is 13.3. The van der Waals surface area contributed by atoms with Crippen LogP contribution in [0.3, 0.4) is 0 Å². The molecule has 1 fully saturated rings. The predicted molar refractivity (Wildman–Crippen MR) is 79.4 cm³/mol. The number of thioether (sulfide) groups is 1. The van der Waals surface area contributed by atoms with Gasteiger partial charge in [-0.25, -0.2) is 0 Å². The maximum atomic E-state index is 12.1. The van der Waals surface area contributed by atoms with Gasteiger partial charge < -0.3 is 10.2 Å². The summed E-state index contributed by atoms with van der Waals surface area (Å²) in [4.78, 5) is 38.0. The molecule has 0 bridgehead atoms. The molecule has 2 atom stereocenters. The zero-order chi connectivity index (χ0) is 15.3. The molecule has 0 radical (unpaired) electrons. The predicted octanol–water partition coefficient (Wildman–Crippen LogP) is -0.0667. The first-order chi connectivity index (χ1) is 9.31. The summed E-state index contributed by atoms with van der Waals surface area (Å²) in [5.74, 6) is -0.0687. The van der Waals surface area contributed by atoms with E-state index in [-0.39, 0.29) is 28.2 Å². The van der Waals surface area contributed by atoms with Crippen molar-refractivity contribution in [3.63, 3.8) is 0 Å². The van der Waals surface area contributed by atoms with Gasteiger partial charge in [0.2, 0.25) is 11.8 Å². The monoisotopic (exact) mass is 301 g/mol. The summed E-state index contributed by atoms with van der Waals surface area (Å²) < 4.78 is 0. The Labute approximate surface area is 124 Å². The average molecular weight is 301 g/mol. The molecule has 0 aromatic carbocycles. The van der Waals surface area contributed by atoms with Gasteiger partial charge in [0, 0.05) is 45.8 Å². The molecule has 0 saturated carbocycles. The fourth-order valence-corrected chi connectivity index (χ4v) is 3.27. The van der Waals surface area contributed by atoms with Crippen LogP contribution in [0.25, 0.3) is 0 Å². The SMILES string of the molecule is CC(=O)S[C@H]1C[C@@H](C(=O)NCCC(=O)N(C)C)N(C)C1. The number of hydrogen-bond acceptors (Lipinski definition) is 5. The minimum Gasteiger partial charge on any atom is -0.354 e. The number of nitrogens with one attached hydrogen (secondary N) is 1. The van der Waals surface area contributed by atoms with E-state index in [0.717, 1.165) is 6.54 Å². The lowest BCUT2D eigenvalue weighted by Crippen LogP contribution is -2.42. The molecule has 114 valence electrons. The van der Waals surface area contributed by atoms with E-state index in [0.29, 0.717) is 19.4 Å². The molecule has 0 aromatic heterocycles. The summed E-state index contributed by atoms with van der Waals surface area (Å²) in [7, 11) is 5.27. The topological polar surface area (TPSA) is 69.7 Å². The van der Waals surface area contributed by atoms with Crippen molar-refractivity contribution in [1.29, 1.82) is 0 Å². The summed E-state index contributed by atoms with van der Waals surface area (Å²) >= 11 is 1.30. The van der Waals surface area contributed by atoms with E-state index in [4.69, 9.17) is 0 Å². The van der Waals surface area contributed by atoms with Crippen molar-refractivity contribution in [3.05, 3.63) is 0 Å². The molecule has 1 aliphatic heterocycles. The molecule has 0 aromatic rings. The molecule has 1 aliphatic rings. The van der Waals surface area contributed by atoms with Gasteiger partial charge in [-0.3, -0.25) is 19.3 Å². The Bertz CT molecular complexity index is 387. The van der Waals surface area contributed by atoms with Crippen LogP contribution in [0, 0.1) is 0 Å². The summed E-state index contributed by atoms with van der Waals surface area (Å²) in [5, 5.41) is 3.05. The molecule has 6 nitrogen and oxygen atoms in total. The van der Waals surface area contributed by atoms with E-state index in [1.165, 1.54) is 16.7 Å². The second-order valence-corrected chi connectivity index (χ2v) is 6.73. The highest BCUT2D eigenvalue weighted by Crippen LogP contribution is 2.26. The van der Waals surface area contributed by atoms with E-state index in [9.17, 15) is 14.4 Å². The second-order valence-electron chi connectivity index (χ2n) is 5.25. The van der Waals surface area contributed by atoms with Crippen molar-refractivity contribution < 1.29 is 14.4 Å². The molecule has 1 rings (SSSR count). The number of carbonyl (C=O) groups is 3. The Hall–Kier alpha value is -1.08. The van der Waals surface area contributed by atoms with Gasteiger partial charge in [-0.1, -0.05) is 11.8 Å². The third-order valence-corrected chi connectivity index (χ3v) is 4.29. The molecule has 1 saturated heterocycles. The first kappa shape index (κ1) is 17.0. The van der Waals surface area contributed by atoms with Crippen molar-refractivity contribution in [2.75, 3.05) is 34.2 Å². The third kappa shape index (κ3) is 5.13. The van der Waals surface area contributed by atoms with Gasteiger partial charge in [-0.05, 0) is 13.5 Å². The molecule has 0 unspecified atom stereocenters. The van der Waals surface area contributed by atoms with Crippen LogP contribution in [0.4, 0.5) is 0 Å². The van der Waals surface area contributed by atoms with Crippen LogP contribution in [-0.4, -0.2) is 72.3 Å². The Morgan fingerprint density at radius 1 is 1.35 bits per heavy atom. The van der Waals surface area contributed by atoms with Gasteiger partial charge in [0.15, 0.2) is 5.12 Å². The van der Waals surface area contributed by atoms with Gasteiger partial charge in [0.25, 0.3) is 0 Å². The van der Waals surface area contributed by atoms with Crippen LogP contribution >= 0.6 is 11.8 Å². The standard InChI is InChI=1S/C13H23N3O3S/c1-9(17)20-10-7-11(16(4)8-10)13(19)14-6-5-12(18)15(2)3/h10-11H,5-8H2,1-4H3,(H,14,19)/t10-,11-/m0/s1. The van der Waals surface area contributed by atoms with Crippen LogP contribution < -0.4 is 5.32 Å². The van der Waals surface area contributed by atoms with E-state index < -0.39 is 0 Å². The summed E-state index contributed by atoms with van der Waals surface area (Å²) in [6.45, 7) is 2.63. The highest BCUT2D eigenvalue weighted by Gasteiger charge is 2.35. The third-order valence-electron chi connectivity index (χ3n) is 3.28. The number of nitrogens with zero attached hydrogens (tertiary/aromatic N) is 2. The van der Waals surface area contributed by atoms with Gasteiger partial charge >= 0.3 is 0 Å². The van der Waals surface area contributed by atoms with Crippen molar-refractivity contribution in [2.24, 2.45) is 0 Å². The molecular weight excluding hydrogens is 278 g/mol. The van der Waals surface area contributed by atoms with Crippen LogP contribution in [0.2, 0.25) is 0 Å². The number of hydrogen-bond donors (Lipinski definition) is 1. The summed E-state index contributed by atoms with van der Waals surface area (Å²) in [6, 6.07) is -0.207. The van der Waals surface area contributed by atoms with Gasteiger partial charge in [0.1, 0.15) is 0 Å². The van der Waals surface area contributed by atoms with Crippen LogP contribution in [0.1, 0.15) is 19.8 Å². The lowest BCUT2D eigenvalue weighted by molar-refractivity contribution is -0.129. The molecule has 0 spiro atoms. The highest BCUT2D eigenvalue weighted by atomic mass is 32.2. The molecule has 2 amide bonds. The van der Waals surface area contributed by atoms with E-state index in [2.05, 4.69) is 5.32 Å². The number of rotatable bonds is 5. The van der Waals surface area contributed by atoms with E-state index >= 15 is 0 Å². The minimum absolute atomic E-state index is 0.00455. The maximum Gasteiger partial charge on any atom is 0.237 e. The first-order valence-corrected chi connectivity index (χ1v) is 7.54. The lowest BCUT2D eigenvalue weighted by atomic mass is 10.2. The van der Waals surface area contributed by atoms with E-state index in [1.807, 2.05) is 11.9 Å². The van der Waals surface area contributed by atoms with Crippen molar-refractivity contribution in [2.45, 2.75) is 31.1 Å². The molecule has 0 aliphatic carbocycles. The largest absolute Gasteiger partial charge is 0.354 e. The normalized spacial score (nSPS) is 22.6. The first-order valence-electron chi connectivity index (χ1n) is 6.66. The quantitative estimate of drug-likeness (QED) is 0.770. The highest BCUT2D eigenvalue weighted by molar-refractivity contribution is 8.14. The number of likely N-dealkylation sites (tertiary alicyclic amines) is 1. The Balaban J connectivity index is 2.36. The average Bonchev–Trinajstić information content (AvgIpc) is 2.68. The molecule has 7 heteroatoms. The Morgan fingerprint density at radius 3 is 2.55 bits per heavy atom. The van der Waals surface area contributed by atoms with Gasteiger partial charge in [-0.2, -0.15) is 0 Å². The van der Waals surface area contributed by atoms with Crippen LogP contribution in [0.5, 0.6) is 0 Å². The number of amides is 2. The summed E-state index contributed by atoms with van der Waals surface area (Å²) in [5.41, 5.74) is 0. The molecular formula is C13H23N3O3S. The van der Waals surface area contributed by atoms with Crippen molar-refractivity contribution in [3.8, 4) is 0 Å². The van der Waals surface area contributed by atoms with Gasteiger partial charge in [-0.15, -0.1) is 0 Å². The van der Waals surface area contributed by atoms with Crippen LogP contribution in [-0.2, 0) is 14.4 Å².